The van der Waals surface area contributed by atoms with E-state index in [1.165, 1.54) is 30.4 Å². The minimum absolute atomic E-state index is 0.200. The van der Waals surface area contributed by atoms with Crippen molar-refractivity contribution < 1.29 is 13.9 Å². The minimum atomic E-state index is -1.16. The lowest BCUT2D eigenvalue weighted by Gasteiger charge is -2.31. The number of halogens is 3. The van der Waals surface area contributed by atoms with Gasteiger partial charge in [-0.25, -0.2) is 19.3 Å². The van der Waals surface area contributed by atoms with Crippen molar-refractivity contribution in [1.29, 1.82) is 0 Å². The summed E-state index contributed by atoms with van der Waals surface area (Å²) in [5.74, 6) is -0.426. The molecule has 1 aliphatic carbocycles. The number of rotatable bonds is 8. The van der Waals surface area contributed by atoms with Crippen LogP contribution in [0.1, 0.15) is 18.9 Å². The van der Waals surface area contributed by atoms with Crippen LogP contribution >= 0.6 is 23.4 Å². The second kappa shape index (κ2) is 8.46. The van der Waals surface area contributed by atoms with Gasteiger partial charge in [0.15, 0.2) is 5.82 Å². The average molecular weight is 478 g/mol. The molecular weight excluding hydrogens is 456 g/mol. The summed E-state index contributed by atoms with van der Waals surface area (Å²) >= 11 is 7.20. The van der Waals surface area contributed by atoms with Crippen molar-refractivity contribution >= 4 is 45.9 Å². The van der Waals surface area contributed by atoms with Gasteiger partial charge in [0.1, 0.15) is 17.7 Å². The predicted octanol–water partition coefficient (Wildman–Crippen LogP) is 4.70. The highest BCUT2D eigenvalue weighted by Gasteiger charge is 2.63. The van der Waals surface area contributed by atoms with E-state index in [2.05, 4.69) is 26.8 Å². The molecule has 2 aromatic heterocycles. The smallest absolute Gasteiger partial charge is 0.160 e. The molecule has 3 atom stereocenters. The number of thioether (sulfide) groups is 1. The molecule has 0 radical (unpaired) electrons. The molecule has 168 valence electrons. The molecule has 4 N–H and O–H groups in total. The van der Waals surface area contributed by atoms with E-state index >= 15 is 0 Å². The number of benzene rings is 1. The van der Waals surface area contributed by atoms with Crippen LogP contribution in [0.15, 0.2) is 48.4 Å². The fourth-order valence-corrected chi connectivity index (χ4v) is 5.61. The first-order valence-electron chi connectivity index (χ1n) is 9.86. The monoisotopic (exact) mass is 477 g/mol. The van der Waals surface area contributed by atoms with Crippen LogP contribution in [-0.2, 0) is 5.41 Å². The van der Waals surface area contributed by atoms with Crippen LogP contribution in [0.3, 0.4) is 0 Å². The van der Waals surface area contributed by atoms with E-state index in [0.29, 0.717) is 39.0 Å². The van der Waals surface area contributed by atoms with Gasteiger partial charge >= 0.3 is 0 Å². The Hall–Kier alpha value is -2.49. The van der Waals surface area contributed by atoms with Crippen molar-refractivity contribution in [1.82, 2.24) is 15.0 Å². The summed E-state index contributed by atoms with van der Waals surface area (Å²) in [6.07, 6.45) is 3.36. The van der Waals surface area contributed by atoms with Crippen LogP contribution in [0.2, 0.25) is 5.02 Å². The van der Waals surface area contributed by atoms with Gasteiger partial charge in [0, 0.05) is 22.0 Å². The number of nitrogens with zero attached hydrogens (tertiary/aromatic N) is 3. The molecule has 3 aromatic rings. The van der Waals surface area contributed by atoms with E-state index in [0.717, 1.165) is 0 Å². The molecule has 0 bridgehead atoms. The van der Waals surface area contributed by atoms with E-state index in [-0.39, 0.29) is 18.1 Å². The molecule has 10 heteroatoms. The molecule has 1 aliphatic rings. The Morgan fingerprint density at radius 3 is 2.88 bits per heavy atom. The molecule has 32 heavy (non-hydrogen) atoms. The number of hydrogen-bond acceptors (Lipinski definition) is 7. The first kappa shape index (κ1) is 22.7. The number of nitrogens with two attached hydrogens (primary N) is 1. The van der Waals surface area contributed by atoms with E-state index < -0.39 is 22.7 Å². The van der Waals surface area contributed by atoms with Crippen LogP contribution < -0.4 is 11.1 Å². The third-order valence-electron chi connectivity index (χ3n) is 5.96. The standard InChI is InChI=1S/C22H22ClF2N5OS/c1-12(26)32-22(10-31)7-18(22)21(2,9-24)15-6-14(3-4-16(15)25)30-20-19-17(28-11-29-20)5-13(23)8-27-19/h3-6,8,11,18,31H,1,7,9-10,26H2,2H3,(H,28,29,30)/t18?,21-,22+/m0/s1. The summed E-state index contributed by atoms with van der Waals surface area (Å²) in [7, 11) is 0. The lowest BCUT2D eigenvalue weighted by atomic mass is 9.77. The normalized spacial score (nSPS) is 21.8. The Labute approximate surface area is 193 Å². The molecule has 0 aliphatic heterocycles. The molecule has 6 nitrogen and oxygen atoms in total. The summed E-state index contributed by atoms with van der Waals surface area (Å²) in [4.78, 5) is 12.7. The van der Waals surface area contributed by atoms with Gasteiger partial charge in [0.05, 0.1) is 28.8 Å². The summed E-state index contributed by atoms with van der Waals surface area (Å²) < 4.78 is 28.7. The van der Waals surface area contributed by atoms with Crippen LogP contribution in [0, 0.1) is 11.7 Å². The van der Waals surface area contributed by atoms with Gasteiger partial charge in [-0.15, -0.1) is 11.8 Å². The van der Waals surface area contributed by atoms with Gasteiger partial charge in [-0.3, -0.25) is 4.39 Å². The van der Waals surface area contributed by atoms with E-state index in [9.17, 15) is 13.9 Å². The Balaban J connectivity index is 1.69. The number of aliphatic hydroxyl groups is 1. The first-order chi connectivity index (χ1) is 15.2. The Morgan fingerprint density at radius 2 is 2.19 bits per heavy atom. The molecule has 1 unspecified atom stereocenters. The van der Waals surface area contributed by atoms with Crippen LogP contribution in [0.25, 0.3) is 11.0 Å². The molecule has 0 spiro atoms. The lowest BCUT2D eigenvalue weighted by molar-refractivity contribution is 0.240. The Kier molecular flexibility index (Phi) is 6.00. The van der Waals surface area contributed by atoms with Gasteiger partial charge in [-0.05, 0) is 42.2 Å². The van der Waals surface area contributed by atoms with Gasteiger partial charge in [0.2, 0.25) is 0 Å². The molecule has 4 rings (SSSR count). The highest BCUT2D eigenvalue weighted by Crippen LogP contribution is 2.63. The van der Waals surface area contributed by atoms with Crippen molar-refractivity contribution in [3.05, 3.63) is 64.8 Å². The highest BCUT2D eigenvalue weighted by molar-refractivity contribution is 8.04. The third-order valence-corrected chi connectivity index (χ3v) is 7.42. The van der Waals surface area contributed by atoms with Crippen LogP contribution in [-0.4, -0.2) is 38.1 Å². The topological polar surface area (TPSA) is 97.0 Å². The molecular formula is C22H22ClF2N5OS. The maximum atomic E-state index is 14.9. The van der Waals surface area contributed by atoms with E-state index in [1.807, 2.05) is 0 Å². The summed E-state index contributed by atoms with van der Waals surface area (Å²) in [6, 6.07) is 6.07. The summed E-state index contributed by atoms with van der Waals surface area (Å²) in [6.45, 7) is 4.35. The predicted molar refractivity (Wildman–Crippen MR) is 124 cm³/mol. The summed E-state index contributed by atoms with van der Waals surface area (Å²) in [5, 5.41) is 13.8. The number of anilines is 2. The molecule has 2 heterocycles. The zero-order chi connectivity index (χ0) is 23.1. The van der Waals surface area contributed by atoms with E-state index in [1.54, 1.807) is 25.1 Å². The van der Waals surface area contributed by atoms with Gasteiger partial charge in [0.25, 0.3) is 0 Å². The molecule has 1 saturated carbocycles. The SMILES string of the molecule is C=C(N)S[C@@]1(CO)CC1[C@@](C)(CF)c1cc(Nc2ncnc3cc(Cl)cnc23)ccc1F. The largest absolute Gasteiger partial charge is 0.395 e. The number of nitrogens with one attached hydrogen (secondary N) is 1. The first-order valence-corrected chi connectivity index (χ1v) is 11.1. The average Bonchev–Trinajstić information content (AvgIpc) is 3.49. The molecule has 1 fully saturated rings. The van der Waals surface area contributed by atoms with Crippen LogP contribution in [0.4, 0.5) is 20.3 Å². The minimum Gasteiger partial charge on any atom is -0.395 e. The molecule has 1 aromatic carbocycles. The Morgan fingerprint density at radius 1 is 1.41 bits per heavy atom. The second-order valence-corrected chi connectivity index (χ2v) is 10.1. The van der Waals surface area contributed by atoms with Crippen LogP contribution in [0.5, 0.6) is 0 Å². The fraction of sp³-hybridized carbons (Fsp3) is 0.318. The van der Waals surface area contributed by atoms with Crippen molar-refractivity contribution in [2.45, 2.75) is 23.5 Å². The number of fused-ring (bicyclic) bond motifs is 1. The second-order valence-electron chi connectivity index (χ2n) is 8.16. The van der Waals surface area contributed by atoms with Crippen molar-refractivity contribution in [3.8, 4) is 0 Å². The number of hydrogen-bond donors (Lipinski definition) is 3. The lowest BCUT2D eigenvalue weighted by Crippen LogP contribution is -2.34. The zero-order valence-corrected chi connectivity index (χ0v) is 18.9. The fourth-order valence-electron chi connectivity index (χ4n) is 4.21. The Bertz CT molecular complexity index is 1200. The van der Waals surface area contributed by atoms with Gasteiger partial charge in [-0.1, -0.05) is 25.1 Å². The zero-order valence-electron chi connectivity index (χ0n) is 17.3. The van der Waals surface area contributed by atoms with Gasteiger partial charge < -0.3 is 16.2 Å². The third kappa shape index (κ3) is 4.00. The highest BCUT2D eigenvalue weighted by atomic mass is 35.5. The molecule has 0 saturated heterocycles. The summed E-state index contributed by atoms with van der Waals surface area (Å²) in [5.41, 5.74) is 6.34. The number of alkyl halides is 1. The van der Waals surface area contributed by atoms with Crippen molar-refractivity contribution in [2.24, 2.45) is 11.7 Å². The quantitative estimate of drug-likeness (QED) is 0.432. The van der Waals surface area contributed by atoms with Gasteiger partial charge in [-0.2, -0.15) is 0 Å². The maximum Gasteiger partial charge on any atom is 0.160 e. The maximum absolute atomic E-state index is 14.9. The van der Waals surface area contributed by atoms with Crippen molar-refractivity contribution in [3.63, 3.8) is 0 Å². The van der Waals surface area contributed by atoms with E-state index in [4.69, 9.17) is 17.3 Å². The van der Waals surface area contributed by atoms with Crippen molar-refractivity contribution in [2.75, 3.05) is 18.6 Å². The molecule has 0 amide bonds. The number of pyridine rings is 1. The number of aliphatic hydroxyl groups excluding tert-OH is 1. The number of aromatic nitrogens is 3.